The molecule has 0 bridgehead atoms. The van der Waals surface area contributed by atoms with Gasteiger partial charge in [0, 0.05) is 17.6 Å². The van der Waals surface area contributed by atoms with Gasteiger partial charge in [-0.3, -0.25) is 19.2 Å². The molecule has 2 heterocycles. The smallest absolute Gasteiger partial charge is 0.408 e. The zero-order valence-electron chi connectivity index (χ0n) is 42.0. The SMILES string of the molecule is CCCC1O[C@@H]2CC3C4O[C@]4(CCC)[C@@](C)(O)C[C@]3(C)[C@]2(C(=O)COC(=O)C(C)(C)NC(=O)[C@H](CC(C)C)NC(=O)OCc2ccc(NC(=O)[C@H](CCCNC(N)=O)NC(=O)[C@@H](N)C(C)C)cc2)O1. The second kappa shape index (κ2) is 22.0. The van der Waals surface area contributed by atoms with E-state index in [1.807, 2.05) is 34.6 Å². The Kier molecular flexibility index (Phi) is 17.6. The van der Waals surface area contributed by atoms with Gasteiger partial charge in [0.15, 0.2) is 18.5 Å². The van der Waals surface area contributed by atoms with E-state index in [1.54, 1.807) is 45.0 Å². The number of esters is 1. The lowest BCUT2D eigenvalue weighted by Crippen LogP contribution is -2.64. The van der Waals surface area contributed by atoms with Crippen molar-refractivity contribution in [2.75, 3.05) is 18.5 Å². The molecule has 6 amide bonds. The Bertz CT molecular complexity index is 2050. The van der Waals surface area contributed by atoms with Gasteiger partial charge in [-0.25, -0.2) is 14.4 Å². The van der Waals surface area contributed by atoms with E-state index in [4.69, 9.17) is 35.2 Å². The molecule has 1 aromatic rings. The fourth-order valence-corrected chi connectivity index (χ4v) is 10.6. The minimum absolute atomic E-state index is 0.0640. The molecular weight excluding hydrogens is 895 g/mol. The molecule has 20 nitrogen and oxygen atoms in total. The molecule has 5 rings (SSSR count). The number of ether oxygens (including phenoxy) is 5. The van der Waals surface area contributed by atoms with Gasteiger partial charge >= 0.3 is 18.1 Å². The molecule has 4 aliphatic rings. The maximum absolute atomic E-state index is 14.6. The second-order valence-electron chi connectivity index (χ2n) is 21.1. The van der Waals surface area contributed by atoms with E-state index in [-0.39, 0.29) is 56.3 Å². The number of anilines is 1. The fourth-order valence-electron chi connectivity index (χ4n) is 10.6. The molecule has 386 valence electrons. The number of carbonyl (C=O) groups excluding carboxylic acids is 7. The van der Waals surface area contributed by atoms with Crippen molar-refractivity contribution in [1.82, 2.24) is 21.3 Å². The Hall–Kier alpha value is -4.89. The highest BCUT2D eigenvalue weighted by molar-refractivity contribution is 5.98. The molecule has 2 aliphatic carbocycles. The van der Waals surface area contributed by atoms with Gasteiger partial charge in [0.1, 0.15) is 29.8 Å². The van der Waals surface area contributed by atoms with Crippen molar-refractivity contribution >= 4 is 47.3 Å². The van der Waals surface area contributed by atoms with Crippen LogP contribution in [0.3, 0.4) is 0 Å². The van der Waals surface area contributed by atoms with E-state index in [1.165, 1.54) is 13.8 Å². The van der Waals surface area contributed by atoms with Crippen LogP contribution < -0.4 is 38.1 Å². The van der Waals surface area contributed by atoms with Gasteiger partial charge in [-0.2, -0.15) is 0 Å². The zero-order valence-corrected chi connectivity index (χ0v) is 42.0. The van der Waals surface area contributed by atoms with Crippen LogP contribution in [0.25, 0.3) is 0 Å². The standard InChI is InChI=1S/C49H77N7O13/c1-11-14-36-67-35-23-31-38-48(69-38,20-12-2)47(10,64)26-46(31,9)49(35,68-36)34(57)25-65-42(61)45(7,8)56-40(59)33(22-27(3)4)55-44(63)66-24-29-16-18-30(19-17-29)53-39(58)32(15-13-21-52-43(51)62)54-41(60)37(50)28(5)6/h16-19,27-28,31-33,35-38,64H,11-15,20-26,50H2,1-10H3,(H,53,58)(H,54,60)(H,55,63)(H,56,59)(H3,51,52,62)/t31?,32-,33-,35+,36?,37-,38?,46-,47-,48-,49+/m0/s1. The number of epoxide rings is 1. The summed E-state index contributed by atoms with van der Waals surface area (Å²) in [5.41, 5.74) is 6.08. The molecule has 2 saturated heterocycles. The number of amides is 6. The lowest BCUT2D eigenvalue weighted by atomic mass is 9.55. The highest BCUT2D eigenvalue weighted by Gasteiger charge is 2.84. The average molecular weight is 972 g/mol. The molecule has 11 atom stereocenters. The van der Waals surface area contributed by atoms with Crippen molar-refractivity contribution in [1.29, 1.82) is 0 Å². The van der Waals surface area contributed by atoms with E-state index in [9.17, 15) is 38.7 Å². The normalized spacial score (nSPS) is 29.1. The first-order chi connectivity index (χ1) is 32.3. The Labute approximate surface area is 405 Å². The third-order valence-corrected chi connectivity index (χ3v) is 14.3. The van der Waals surface area contributed by atoms with Crippen molar-refractivity contribution < 1.29 is 62.4 Å². The monoisotopic (exact) mass is 972 g/mol. The molecule has 2 aliphatic heterocycles. The van der Waals surface area contributed by atoms with Crippen LogP contribution in [0.15, 0.2) is 24.3 Å². The molecule has 0 aromatic heterocycles. The Morgan fingerprint density at radius 1 is 0.913 bits per heavy atom. The van der Waals surface area contributed by atoms with Crippen molar-refractivity contribution in [3.05, 3.63) is 29.8 Å². The first-order valence-electron chi connectivity index (χ1n) is 24.5. The number of fused-ring (bicyclic) bond motifs is 5. The topological polar surface area (TPSA) is 301 Å². The number of Topliss-reactive ketones (excluding diaryl/α,β-unsaturated/α-hetero) is 1. The average Bonchev–Trinajstić information content (AvgIpc) is 3.81. The van der Waals surface area contributed by atoms with Crippen molar-refractivity contribution in [3.8, 4) is 0 Å². The van der Waals surface area contributed by atoms with Crippen molar-refractivity contribution in [2.45, 2.75) is 193 Å². The third-order valence-electron chi connectivity index (χ3n) is 14.3. The first-order valence-corrected chi connectivity index (χ1v) is 24.5. The summed E-state index contributed by atoms with van der Waals surface area (Å²) in [4.78, 5) is 92.2. The summed E-state index contributed by atoms with van der Waals surface area (Å²) < 4.78 is 30.5. The number of hydrogen-bond acceptors (Lipinski definition) is 14. The molecule has 69 heavy (non-hydrogen) atoms. The Balaban J connectivity index is 1.16. The van der Waals surface area contributed by atoms with Gasteiger partial charge in [0.25, 0.3) is 0 Å². The number of hydrogen-bond donors (Lipinski definition) is 8. The van der Waals surface area contributed by atoms with Crippen molar-refractivity contribution in [3.63, 3.8) is 0 Å². The molecule has 20 heteroatoms. The number of ketones is 1. The number of nitrogens with one attached hydrogen (secondary N) is 5. The molecule has 2 saturated carbocycles. The summed E-state index contributed by atoms with van der Waals surface area (Å²) in [7, 11) is 0. The maximum Gasteiger partial charge on any atom is 0.408 e. The molecule has 0 radical (unpaired) electrons. The molecule has 3 unspecified atom stereocenters. The van der Waals surface area contributed by atoms with Gasteiger partial charge in [0.05, 0.1) is 23.9 Å². The van der Waals surface area contributed by atoms with Gasteiger partial charge in [-0.05, 0) is 101 Å². The lowest BCUT2D eigenvalue weighted by Gasteiger charge is -2.51. The van der Waals surface area contributed by atoms with E-state index < -0.39 is 106 Å². The predicted molar refractivity (Wildman–Crippen MR) is 253 cm³/mol. The molecule has 10 N–H and O–H groups in total. The Morgan fingerprint density at radius 2 is 1.59 bits per heavy atom. The summed E-state index contributed by atoms with van der Waals surface area (Å²) in [6.45, 7) is 17.3. The van der Waals surface area contributed by atoms with Crippen molar-refractivity contribution in [2.24, 2.45) is 34.6 Å². The summed E-state index contributed by atoms with van der Waals surface area (Å²) >= 11 is 0. The van der Waals surface area contributed by atoms with Gasteiger partial charge in [0.2, 0.25) is 23.5 Å². The maximum atomic E-state index is 14.6. The summed E-state index contributed by atoms with van der Waals surface area (Å²) in [5.74, 6) is -3.43. The van der Waals surface area contributed by atoms with E-state index in [2.05, 4.69) is 26.6 Å². The Morgan fingerprint density at radius 3 is 2.20 bits per heavy atom. The van der Waals surface area contributed by atoms with Gasteiger partial charge in [-0.15, -0.1) is 0 Å². The van der Waals surface area contributed by atoms with Crippen LogP contribution in [-0.2, 0) is 54.3 Å². The van der Waals surface area contributed by atoms with Crippen LogP contribution in [0.4, 0.5) is 15.3 Å². The minimum atomic E-state index is -1.64. The van der Waals surface area contributed by atoms with Crippen LogP contribution in [-0.4, -0.2) is 119 Å². The lowest BCUT2D eigenvalue weighted by molar-refractivity contribution is -0.192. The number of carbonyl (C=O) groups is 7. The van der Waals surface area contributed by atoms with Gasteiger partial charge in [-0.1, -0.05) is 73.4 Å². The number of nitrogens with two attached hydrogens (primary N) is 2. The fraction of sp³-hybridized carbons (Fsp3) is 0.735. The molecule has 4 fully saturated rings. The number of primary amides is 1. The highest BCUT2D eigenvalue weighted by atomic mass is 16.7. The largest absolute Gasteiger partial charge is 0.456 e. The number of rotatable bonds is 24. The second-order valence-corrected chi connectivity index (χ2v) is 21.1. The zero-order chi connectivity index (χ0) is 51.3. The summed E-state index contributed by atoms with van der Waals surface area (Å²) in [6, 6.07) is 2.81. The molecular formula is C49H77N7O13. The van der Waals surface area contributed by atoms with Gasteiger partial charge < -0.3 is 66.8 Å². The predicted octanol–water partition coefficient (Wildman–Crippen LogP) is 3.59. The minimum Gasteiger partial charge on any atom is -0.456 e. The number of benzene rings is 1. The quantitative estimate of drug-likeness (QED) is 0.0418. The molecule has 1 aromatic carbocycles. The van der Waals surface area contributed by atoms with Crippen LogP contribution in [0.5, 0.6) is 0 Å². The van der Waals surface area contributed by atoms with Crippen LogP contribution in [0.1, 0.15) is 133 Å². The first kappa shape index (κ1) is 55.0. The van der Waals surface area contributed by atoms with Crippen LogP contribution in [0.2, 0.25) is 0 Å². The number of urea groups is 1. The molecule has 0 spiro atoms. The van der Waals surface area contributed by atoms with Crippen LogP contribution >= 0.6 is 0 Å². The van der Waals surface area contributed by atoms with Crippen LogP contribution in [0, 0.1) is 23.2 Å². The van der Waals surface area contributed by atoms with E-state index in [0.717, 1.165) is 12.8 Å². The third kappa shape index (κ3) is 12.0. The highest BCUT2D eigenvalue weighted by Crippen LogP contribution is 2.72. The van der Waals surface area contributed by atoms with E-state index >= 15 is 0 Å². The number of aliphatic hydroxyl groups is 1. The van der Waals surface area contributed by atoms with E-state index in [0.29, 0.717) is 36.9 Å². The summed E-state index contributed by atoms with van der Waals surface area (Å²) in [5, 5.41) is 25.1. The summed E-state index contributed by atoms with van der Waals surface area (Å²) in [6.07, 6.45) is 1.79. The number of alkyl carbamates (subject to hydrolysis) is 1.